The molecule has 0 saturated heterocycles. The highest BCUT2D eigenvalue weighted by Gasteiger charge is 2.51. The Morgan fingerprint density at radius 3 is 2.50 bits per heavy atom. The Bertz CT molecular complexity index is 882. The summed E-state index contributed by atoms with van der Waals surface area (Å²) in [7, 11) is 0. The predicted octanol–water partition coefficient (Wildman–Crippen LogP) is 5.23. The summed E-state index contributed by atoms with van der Waals surface area (Å²) < 4.78 is 13.3. The maximum absolute atomic E-state index is 13.3. The van der Waals surface area contributed by atoms with Gasteiger partial charge in [0, 0.05) is 11.8 Å². The predicted molar refractivity (Wildman–Crippen MR) is 94.7 cm³/mol. The van der Waals surface area contributed by atoms with E-state index in [-0.39, 0.29) is 22.9 Å². The van der Waals surface area contributed by atoms with Gasteiger partial charge in [0.1, 0.15) is 5.82 Å². The van der Waals surface area contributed by atoms with Crippen LogP contribution in [0.15, 0.2) is 28.4 Å². The van der Waals surface area contributed by atoms with Crippen molar-refractivity contribution in [3.05, 3.63) is 24.0 Å². The average molecular weight is 355 g/mol. The molecular formula is C20H22FN3O2. The molecule has 2 N–H and O–H groups in total. The Balaban J connectivity index is 1.35. The van der Waals surface area contributed by atoms with Crippen molar-refractivity contribution >= 4 is 22.5 Å². The zero-order valence-electron chi connectivity index (χ0n) is 14.5. The second-order valence-electron chi connectivity index (χ2n) is 8.70. The lowest BCUT2D eigenvalue weighted by molar-refractivity contribution is -0.126. The van der Waals surface area contributed by atoms with Gasteiger partial charge in [-0.2, -0.15) is 0 Å². The second kappa shape index (κ2) is 5.63. The van der Waals surface area contributed by atoms with Crippen molar-refractivity contribution < 1.29 is 14.3 Å². The summed E-state index contributed by atoms with van der Waals surface area (Å²) >= 11 is 0. The van der Waals surface area contributed by atoms with Crippen molar-refractivity contribution in [3.8, 4) is 5.88 Å². The quantitative estimate of drug-likeness (QED) is 0.740. The van der Waals surface area contributed by atoms with Crippen LogP contribution in [-0.2, 0) is 4.79 Å². The van der Waals surface area contributed by atoms with E-state index in [4.69, 9.17) is 0 Å². The largest absolute Gasteiger partial charge is 0.493 e. The molecule has 0 unspecified atom stereocenters. The first kappa shape index (κ1) is 16.0. The molecule has 6 heteroatoms. The maximum atomic E-state index is 13.3. The van der Waals surface area contributed by atoms with Gasteiger partial charge in [-0.25, -0.2) is 4.39 Å². The zero-order chi connectivity index (χ0) is 17.9. The summed E-state index contributed by atoms with van der Waals surface area (Å²) in [5, 5.41) is 18.4. The summed E-state index contributed by atoms with van der Waals surface area (Å²) in [6.45, 7) is 0. The molecular weight excluding hydrogens is 333 g/mol. The summed E-state index contributed by atoms with van der Waals surface area (Å²) in [4.78, 5) is 15.2. The fourth-order valence-corrected chi connectivity index (χ4v) is 6.21. The van der Waals surface area contributed by atoms with Crippen LogP contribution in [0.25, 0.3) is 10.9 Å². The molecule has 1 aromatic carbocycles. The van der Waals surface area contributed by atoms with Crippen LogP contribution >= 0.6 is 0 Å². The number of carbonyl (C=O) groups is 1. The van der Waals surface area contributed by atoms with E-state index >= 15 is 0 Å². The van der Waals surface area contributed by atoms with E-state index in [1.165, 1.54) is 37.5 Å². The minimum absolute atomic E-state index is 0.121. The lowest BCUT2D eigenvalue weighted by Crippen LogP contribution is -2.46. The van der Waals surface area contributed by atoms with E-state index < -0.39 is 5.82 Å². The number of aromatic hydroxyl groups is 1. The standard InChI is InChI=1S/C20H22FN3O2/c21-14-1-2-15-16(6-14)22-19(26)18(15)24-23-17(25)10-20-7-11-3-12(8-20)5-13(4-11)9-20/h1-2,6,11-13,22,26H,3-5,7-10H2. The SMILES string of the molecule is O=C(CC12CC3CC(CC(C3)C1)C2)N=Nc1c(O)[nH]c2cc(F)ccc12. The molecule has 4 bridgehead atoms. The number of aromatic nitrogens is 1. The van der Waals surface area contributed by atoms with E-state index in [9.17, 15) is 14.3 Å². The Morgan fingerprint density at radius 1 is 1.19 bits per heavy atom. The normalized spacial score (nSPS) is 32.7. The van der Waals surface area contributed by atoms with Gasteiger partial charge in [-0.3, -0.25) is 4.79 Å². The van der Waals surface area contributed by atoms with Gasteiger partial charge >= 0.3 is 0 Å². The number of hydrogen-bond donors (Lipinski definition) is 2. The van der Waals surface area contributed by atoms with Crippen LogP contribution in [0.2, 0.25) is 0 Å². The Kier molecular flexibility index (Phi) is 3.46. The number of nitrogens with one attached hydrogen (secondary N) is 1. The van der Waals surface area contributed by atoms with Crippen molar-refractivity contribution in [1.82, 2.24) is 4.98 Å². The van der Waals surface area contributed by atoms with E-state index in [2.05, 4.69) is 15.2 Å². The van der Waals surface area contributed by atoms with Gasteiger partial charge in [-0.15, -0.1) is 10.2 Å². The second-order valence-corrected chi connectivity index (χ2v) is 8.70. The van der Waals surface area contributed by atoms with E-state index in [1.807, 2.05) is 0 Å². The van der Waals surface area contributed by atoms with E-state index in [1.54, 1.807) is 0 Å². The molecule has 6 rings (SSSR count). The molecule has 1 amide bonds. The van der Waals surface area contributed by atoms with Gasteiger partial charge in [-0.1, -0.05) is 0 Å². The fraction of sp³-hybridized carbons (Fsp3) is 0.550. The Labute approximate surface area is 150 Å². The number of halogens is 1. The zero-order valence-corrected chi connectivity index (χ0v) is 14.5. The average Bonchev–Trinajstić information content (AvgIpc) is 2.85. The number of benzene rings is 1. The molecule has 4 fully saturated rings. The molecule has 4 aliphatic carbocycles. The molecule has 1 aromatic heterocycles. The molecule has 5 nitrogen and oxygen atoms in total. The van der Waals surface area contributed by atoms with Crippen LogP contribution in [0.5, 0.6) is 5.88 Å². The Hall–Kier alpha value is -2.24. The number of carbonyl (C=O) groups excluding carboxylic acids is 1. The molecule has 0 spiro atoms. The highest BCUT2D eigenvalue weighted by atomic mass is 19.1. The minimum Gasteiger partial charge on any atom is -0.493 e. The van der Waals surface area contributed by atoms with Crippen molar-refractivity contribution in [2.45, 2.75) is 44.9 Å². The van der Waals surface area contributed by atoms with Crippen molar-refractivity contribution in [1.29, 1.82) is 0 Å². The van der Waals surface area contributed by atoms with Gasteiger partial charge < -0.3 is 10.1 Å². The number of H-pyrrole nitrogens is 1. The van der Waals surface area contributed by atoms with Crippen molar-refractivity contribution in [3.63, 3.8) is 0 Å². The molecule has 4 aliphatic rings. The number of aromatic amines is 1. The van der Waals surface area contributed by atoms with Crippen LogP contribution in [0.1, 0.15) is 44.9 Å². The van der Waals surface area contributed by atoms with E-state index in [0.29, 0.717) is 17.3 Å². The molecule has 1 heterocycles. The Morgan fingerprint density at radius 2 is 1.85 bits per heavy atom. The number of amides is 1. The van der Waals surface area contributed by atoms with Gasteiger partial charge in [0.05, 0.1) is 5.52 Å². The third-order valence-electron chi connectivity index (χ3n) is 6.67. The van der Waals surface area contributed by atoms with Crippen LogP contribution in [0, 0.1) is 29.0 Å². The molecule has 2 aromatic rings. The summed E-state index contributed by atoms with van der Waals surface area (Å²) in [6.07, 6.45) is 7.93. The first-order valence-corrected chi connectivity index (χ1v) is 9.44. The smallest absolute Gasteiger partial charge is 0.265 e. The summed E-state index contributed by atoms with van der Waals surface area (Å²) in [5.41, 5.74) is 0.750. The lowest BCUT2D eigenvalue weighted by Gasteiger charge is -2.56. The lowest BCUT2D eigenvalue weighted by atomic mass is 9.49. The monoisotopic (exact) mass is 355 g/mol. The highest BCUT2D eigenvalue weighted by molar-refractivity contribution is 5.94. The van der Waals surface area contributed by atoms with Gasteiger partial charge in [-0.05, 0) is 79.9 Å². The minimum atomic E-state index is -0.403. The fourth-order valence-electron chi connectivity index (χ4n) is 6.21. The maximum Gasteiger partial charge on any atom is 0.265 e. The molecule has 0 radical (unpaired) electrons. The first-order valence-electron chi connectivity index (χ1n) is 9.44. The number of rotatable bonds is 3. The highest BCUT2D eigenvalue weighted by Crippen LogP contribution is 2.61. The van der Waals surface area contributed by atoms with Gasteiger partial charge in [0.25, 0.3) is 5.91 Å². The van der Waals surface area contributed by atoms with Crippen molar-refractivity contribution in [2.75, 3.05) is 0 Å². The first-order chi connectivity index (χ1) is 12.5. The van der Waals surface area contributed by atoms with E-state index in [0.717, 1.165) is 37.0 Å². The topological polar surface area (TPSA) is 77.8 Å². The third-order valence-corrected chi connectivity index (χ3v) is 6.67. The molecule has 4 saturated carbocycles. The van der Waals surface area contributed by atoms with Crippen LogP contribution in [-0.4, -0.2) is 16.0 Å². The third kappa shape index (κ3) is 2.63. The van der Waals surface area contributed by atoms with Crippen molar-refractivity contribution in [2.24, 2.45) is 33.4 Å². The number of azo groups is 1. The van der Waals surface area contributed by atoms with Crippen LogP contribution < -0.4 is 0 Å². The molecule has 26 heavy (non-hydrogen) atoms. The number of fused-ring (bicyclic) bond motifs is 1. The molecule has 0 aliphatic heterocycles. The molecule has 136 valence electrons. The van der Waals surface area contributed by atoms with Gasteiger partial charge in [0.2, 0.25) is 5.88 Å². The summed E-state index contributed by atoms with van der Waals surface area (Å²) in [5.74, 6) is 1.55. The van der Waals surface area contributed by atoms with Crippen LogP contribution in [0.4, 0.5) is 10.1 Å². The summed E-state index contributed by atoms with van der Waals surface area (Å²) in [6, 6.07) is 4.11. The van der Waals surface area contributed by atoms with Crippen LogP contribution in [0.3, 0.4) is 0 Å². The number of nitrogens with zero attached hydrogens (tertiary/aromatic N) is 2. The molecule has 0 atom stereocenters. The van der Waals surface area contributed by atoms with Gasteiger partial charge in [0.15, 0.2) is 5.69 Å². The number of hydrogen-bond acceptors (Lipinski definition) is 3.